The second-order valence-electron chi connectivity index (χ2n) is 3.40. The lowest BCUT2D eigenvalue weighted by molar-refractivity contribution is 0.193. The van der Waals surface area contributed by atoms with Crippen molar-refractivity contribution in [3.05, 3.63) is 16.4 Å². The maximum atomic E-state index is 9.91. The molecule has 0 aliphatic carbocycles. The number of thioether (sulfide) groups is 1. The molecule has 0 saturated heterocycles. The molecule has 0 aliphatic rings. The van der Waals surface area contributed by atoms with Crippen LogP contribution in [0.4, 0.5) is 0 Å². The lowest BCUT2D eigenvalue weighted by Crippen LogP contribution is -2.09. The highest BCUT2D eigenvalue weighted by Gasteiger charge is 2.16. The van der Waals surface area contributed by atoms with E-state index in [1.807, 2.05) is 7.05 Å². The van der Waals surface area contributed by atoms with E-state index >= 15 is 0 Å². The van der Waals surface area contributed by atoms with Crippen LogP contribution in [0.2, 0.25) is 0 Å². The quantitative estimate of drug-likeness (QED) is 0.919. The molecule has 0 radical (unpaired) electrons. The average molecular weight is 279 g/mol. The summed E-state index contributed by atoms with van der Waals surface area (Å²) in [5, 5.41) is 14.5. The Morgan fingerprint density at radius 1 is 1.64 bits per heavy atom. The van der Waals surface area contributed by atoms with E-state index in [0.29, 0.717) is 11.0 Å². The summed E-state index contributed by atoms with van der Waals surface area (Å²) in [7, 11) is 1.84. The minimum Gasteiger partial charge on any atom is -0.386 e. The number of hydrogen-bond donors (Lipinski definition) is 1. The standard InChI is InChI=1S/C9H15BrN2OS/c1-6(2)14-5-8(13)9-7(10)4-11-12(9)3/h4,6,8,13H,5H2,1-3H3. The molecule has 1 unspecified atom stereocenters. The van der Waals surface area contributed by atoms with E-state index in [1.54, 1.807) is 22.6 Å². The Hall–Kier alpha value is 0. The van der Waals surface area contributed by atoms with Gasteiger partial charge in [0.25, 0.3) is 0 Å². The highest BCUT2D eigenvalue weighted by molar-refractivity contribution is 9.10. The van der Waals surface area contributed by atoms with Crippen LogP contribution in [0.1, 0.15) is 25.6 Å². The molecule has 1 rings (SSSR count). The van der Waals surface area contributed by atoms with Gasteiger partial charge in [0.1, 0.15) is 6.10 Å². The molecular weight excluding hydrogens is 264 g/mol. The first-order valence-corrected chi connectivity index (χ1v) is 6.33. The molecule has 0 fully saturated rings. The van der Waals surface area contributed by atoms with Crippen LogP contribution >= 0.6 is 27.7 Å². The van der Waals surface area contributed by atoms with Gasteiger partial charge in [-0.15, -0.1) is 0 Å². The molecule has 5 heteroatoms. The van der Waals surface area contributed by atoms with Crippen molar-refractivity contribution in [2.45, 2.75) is 25.2 Å². The number of aliphatic hydroxyl groups excluding tert-OH is 1. The molecule has 1 aromatic heterocycles. The fraction of sp³-hybridized carbons (Fsp3) is 0.667. The molecule has 3 nitrogen and oxygen atoms in total. The lowest BCUT2D eigenvalue weighted by atomic mass is 10.3. The van der Waals surface area contributed by atoms with Crippen LogP contribution in [0.15, 0.2) is 10.7 Å². The van der Waals surface area contributed by atoms with E-state index in [4.69, 9.17) is 0 Å². The number of aromatic nitrogens is 2. The van der Waals surface area contributed by atoms with Gasteiger partial charge in [-0.2, -0.15) is 16.9 Å². The Morgan fingerprint density at radius 3 is 2.71 bits per heavy atom. The molecule has 1 N–H and O–H groups in total. The van der Waals surface area contributed by atoms with Gasteiger partial charge in [0.15, 0.2) is 0 Å². The number of aliphatic hydroxyl groups is 1. The SMILES string of the molecule is CC(C)SCC(O)c1c(Br)cnn1C. The van der Waals surface area contributed by atoms with Crippen LogP contribution < -0.4 is 0 Å². The summed E-state index contributed by atoms with van der Waals surface area (Å²) in [5.74, 6) is 0.704. The summed E-state index contributed by atoms with van der Waals surface area (Å²) in [6.45, 7) is 4.24. The van der Waals surface area contributed by atoms with Gasteiger partial charge in [-0.1, -0.05) is 13.8 Å². The van der Waals surface area contributed by atoms with Gasteiger partial charge in [-0.05, 0) is 21.2 Å². The van der Waals surface area contributed by atoms with Gasteiger partial charge >= 0.3 is 0 Å². The fourth-order valence-electron chi connectivity index (χ4n) is 1.16. The van der Waals surface area contributed by atoms with Crippen molar-refractivity contribution < 1.29 is 5.11 Å². The summed E-state index contributed by atoms with van der Waals surface area (Å²) in [4.78, 5) is 0. The third-order valence-corrected chi connectivity index (χ3v) is 3.63. The van der Waals surface area contributed by atoms with E-state index < -0.39 is 6.10 Å². The third-order valence-electron chi connectivity index (χ3n) is 1.84. The maximum Gasteiger partial charge on any atom is 0.106 e. The van der Waals surface area contributed by atoms with E-state index in [2.05, 4.69) is 34.9 Å². The molecule has 80 valence electrons. The monoisotopic (exact) mass is 278 g/mol. The summed E-state index contributed by atoms with van der Waals surface area (Å²) < 4.78 is 2.58. The lowest BCUT2D eigenvalue weighted by Gasteiger charge is -2.12. The smallest absolute Gasteiger partial charge is 0.106 e. The first kappa shape index (κ1) is 12.1. The van der Waals surface area contributed by atoms with Crippen LogP contribution in [0.5, 0.6) is 0 Å². The maximum absolute atomic E-state index is 9.91. The van der Waals surface area contributed by atoms with E-state index in [1.165, 1.54) is 0 Å². The van der Waals surface area contributed by atoms with Crippen molar-refractivity contribution in [2.75, 3.05) is 5.75 Å². The highest BCUT2D eigenvalue weighted by Crippen LogP contribution is 2.26. The second kappa shape index (κ2) is 5.19. The number of nitrogens with zero attached hydrogens (tertiary/aromatic N) is 2. The molecular formula is C9H15BrN2OS. The highest BCUT2D eigenvalue weighted by atomic mass is 79.9. The van der Waals surface area contributed by atoms with Gasteiger partial charge in [0.2, 0.25) is 0 Å². The van der Waals surface area contributed by atoms with Gasteiger partial charge in [0.05, 0.1) is 16.4 Å². The summed E-state index contributed by atoms with van der Waals surface area (Å²) in [5.41, 5.74) is 0.846. The molecule has 0 saturated carbocycles. The van der Waals surface area contributed by atoms with Crippen molar-refractivity contribution in [3.63, 3.8) is 0 Å². The Labute approximate surface area is 97.0 Å². The first-order valence-electron chi connectivity index (χ1n) is 4.49. The Bertz CT molecular complexity index is 282. The van der Waals surface area contributed by atoms with Crippen molar-refractivity contribution >= 4 is 27.7 Å². The molecule has 1 atom stereocenters. The summed E-state index contributed by atoms with van der Waals surface area (Å²) in [6, 6.07) is 0. The molecule has 0 spiro atoms. The van der Waals surface area contributed by atoms with E-state index in [-0.39, 0.29) is 0 Å². The van der Waals surface area contributed by atoms with Crippen molar-refractivity contribution in [3.8, 4) is 0 Å². The number of hydrogen-bond acceptors (Lipinski definition) is 3. The number of halogens is 1. The molecule has 0 amide bonds. The summed E-state index contributed by atoms with van der Waals surface area (Å²) in [6.07, 6.45) is 1.25. The van der Waals surface area contributed by atoms with E-state index in [9.17, 15) is 5.11 Å². The molecule has 0 aromatic carbocycles. The van der Waals surface area contributed by atoms with Crippen LogP contribution in [0.3, 0.4) is 0 Å². The fourth-order valence-corrected chi connectivity index (χ4v) is 2.50. The topological polar surface area (TPSA) is 38.1 Å². The van der Waals surface area contributed by atoms with Crippen LogP contribution in [0, 0.1) is 0 Å². The molecule has 0 bridgehead atoms. The minimum atomic E-state index is -0.454. The first-order chi connectivity index (χ1) is 6.52. The van der Waals surface area contributed by atoms with Crippen molar-refractivity contribution in [2.24, 2.45) is 7.05 Å². The zero-order chi connectivity index (χ0) is 10.7. The Morgan fingerprint density at radius 2 is 2.29 bits per heavy atom. The normalized spacial score (nSPS) is 13.6. The minimum absolute atomic E-state index is 0.454. The number of aryl methyl sites for hydroxylation is 1. The average Bonchev–Trinajstić information content (AvgIpc) is 2.42. The van der Waals surface area contributed by atoms with Crippen molar-refractivity contribution in [1.82, 2.24) is 9.78 Å². The number of rotatable bonds is 4. The molecule has 1 aromatic rings. The molecule has 0 aliphatic heterocycles. The van der Waals surface area contributed by atoms with Crippen LogP contribution in [-0.4, -0.2) is 25.9 Å². The third kappa shape index (κ3) is 3.00. The predicted molar refractivity (Wildman–Crippen MR) is 63.5 cm³/mol. The molecule has 14 heavy (non-hydrogen) atoms. The van der Waals surface area contributed by atoms with Crippen LogP contribution in [-0.2, 0) is 7.05 Å². The van der Waals surface area contributed by atoms with Gasteiger partial charge in [-0.3, -0.25) is 4.68 Å². The Balaban J connectivity index is 2.64. The second-order valence-corrected chi connectivity index (χ2v) is 5.86. The summed E-state index contributed by atoms with van der Waals surface area (Å²) >= 11 is 5.12. The zero-order valence-electron chi connectivity index (χ0n) is 8.57. The van der Waals surface area contributed by atoms with E-state index in [0.717, 1.165) is 10.2 Å². The Kier molecular flexibility index (Phi) is 4.47. The van der Waals surface area contributed by atoms with Gasteiger partial charge in [-0.25, -0.2) is 0 Å². The largest absolute Gasteiger partial charge is 0.386 e. The van der Waals surface area contributed by atoms with Gasteiger partial charge < -0.3 is 5.11 Å². The zero-order valence-corrected chi connectivity index (χ0v) is 11.0. The molecule has 1 heterocycles. The van der Waals surface area contributed by atoms with Crippen molar-refractivity contribution in [1.29, 1.82) is 0 Å². The van der Waals surface area contributed by atoms with Gasteiger partial charge in [0, 0.05) is 12.8 Å². The van der Waals surface area contributed by atoms with Crippen LogP contribution in [0.25, 0.3) is 0 Å². The predicted octanol–water partition coefficient (Wildman–Crippen LogP) is 2.36.